The van der Waals surface area contributed by atoms with Crippen LogP contribution in [0.1, 0.15) is 38.2 Å². The van der Waals surface area contributed by atoms with E-state index in [1.165, 1.54) is 6.07 Å². The molecule has 0 spiro atoms. The highest BCUT2D eigenvalue weighted by molar-refractivity contribution is 7.89. The number of rotatable bonds is 5. The third kappa shape index (κ3) is 3.01. The summed E-state index contributed by atoms with van der Waals surface area (Å²) < 4.78 is 27.1. The molecule has 1 aromatic carbocycles. The predicted octanol–water partition coefficient (Wildman–Crippen LogP) is 2.75. The molecule has 0 aromatic heterocycles. The fourth-order valence-electron chi connectivity index (χ4n) is 2.81. The number of hydrogen-bond donors (Lipinski definition) is 1. The highest BCUT2D eigenvalue weighted by Crippen LogP contribution is 2.30. The molecule has 0 heterocycles. The lowest BCUT2D eigenvalue weighted by Crippen LogP contribution is -2.38. The van der Waals surface area contributed by atoms with Crippen LogP contribution in [0.5, 0.6) is 0 Å². The van der Waals surface area contributed by atoms with Crippen molar-refractivity contribution in [3.05, 3.63) is 28.8 Å². The average Bonchev–Trinajstić information content (AvgIpc) is 2.93. The first-order valence-electron chi connectivity index (χ1n) is 7.01. The zero-order valence-corrected chi connectivity index (χ0v) is 13.3. The molecule has 0 bridgehead atoms. The molecule has 2 N–H and O–H groups in total. The van der Waals surface area contributed by atoms with Gasteiger partial charge in [0.25, 0.3) is 0 Å². The van der Waals surface area contributed by atoms with Gasteiger partial charge in [-0.2, -0.15) is 4.31 Å². The molecule has 0 radical (unpaired) electrons. The van der Waals surface area contributed by atoms with Gasteiger partial charge in [-0.05, 0) is 30.5 Å². The molecule has 0 atom stereocenters. The summed E-state index contributed by atoms with van der Waals surface area (Å²) in [7, 11) is -3.47. The Hall–Kier alpha value is -0.620. The second-order valence-electron chi connectivity index (χ2n) is 5.10. The summed E-state index contributed by atoms with van der Waals surface area (Å²) in [5.74, 6) is 0. The quantitative estimate of drug-likeness (QED) is 0.908. The molecule has 2 rings (SSSR count). The maximum atomic E-state index is 12.7. The molecule has 1 fully saturated rings. The summed E-state index contributed by atoms with van der Waals surface area (Å²) in [4.78, 5) is 0.258. The number of benzene rings is 1. The van der Waals surface area contributed by atoms with E-state index in [0.717, 1.165) is 31.2 Å². The minimum absolute atomic E-state index is 0.123. The summed E-state index contributed by atoms with van der Waals surface area (Å²) in [5, 5.41) is 0.413. The number of nitrogens with zero attached hydrogens (tertiary/aromatic N) is 1. The van der Waals surface area contributed by atoms with Crippen molar-refractivity contribution in [2.24, 2.45) is 5.73 Å². The molecular weight excluding hydrogens is 296 g/mol. The summed E-state index contributed by atoms with van der Waals surface area (Å²) in [5.41, 5.74) is 6.31. The SMILES string of the molecule is CCN(C1CCCC1)S(=O)(=O)c1ccc(CN)c(Cl)c1. The van der Waals surface area contributed by atoms with Crippen molar-refractivity contribution in [1.29, 1.82) is 0 Å². The van der Waals surface area contributed by atoms with E-state index >= 15 is 0 Å². The maximum Gasteiger partial charge on any atom is 0.243 e. The molecule has 1 aliphatic rings. The summed E-state index contributed by atoms with van der Waals surface area (Å²) >= 11 is 6.08. The second-order valence-corrected chi connectivity index (χ2v) is 7.40. The lowest BCUT2D eigenvalue weighted by molar-refractivity contribution is 0.335. The topological polar surface area (TPSA) is 63.4 Å². The standard InChI is InChI=1S/C14H21ClN2O2S/c1-2-17(12-5-3-4-6-12)20(18,19)13-8-7-11(10-16)14(15)9-13/h7-9,12H,2-6,10,16H2,1H3. The summed E-state index contributed by atoms with van der Waals surface area (Å²) in [6.07, 6.45) is 4.09. The van der Waals surface area contributed by atoms with Crippen molar-refractivity contribution < 1.29 is 8.42 Å². The third-order valence-electron chi connectivity index (χ3n) is 3.89. The van der Waals surface area contributed by atoms with Crippen molar-refractivity contribution in [3.63, 3.8) is 0 Å². The van der Waals surface area contributed by atoms with Crippen molar-refractivity contribution in [3.8, 4) is 0 Å². The van der Waals surface area contributed by atoms with Gasteiger partial charge >= 0.3 is 0 Å². The van der Waals surface area contributed by atoms with E-state index in [0.29, 0.717) is 18.1 Å². The van der Waals surface area contributed by atoms with Crippen molar-refractivity contribution in [1.82, 2.24) is 4.31 Å². The lowest BCUT2D eigenvalue weighted by atomic mass is 10.2. The fourth-order valence-corrected chi connectivity index (χ4v) is 4.85. The molecule has 4 nitrogen and oxygen atoms in total. The van der Waals surface area contributed by atoms with Crippen LogP contribution >= 0.6 is 11.6 Å². The Bertz CT molecular complexity index is 569. The molecule has 0 amide bonds. The molecule has 20 heavy (non-hydrogen) atoms. The molecular formula is C14H21ClN2O2S. The third-order valence-corrected chi connectivity index (χ3v) is 6.27. The van der Waals surface area contributed by atoms with Gasteiger partial charge in [0.05, 0.1) is 4.90 Å². The first-order valence-corrected chi connectivity index (χ1v) is 8.82. The van der Waals surface area contributed by atoms with Crippen LogP contribution in [0.4, 0.5) is 0 Å². The van der Waals surface area contributed by atoms with Crippen molar-refractivity contribution in [2.75, 3.05) is 6.54 Å². The number of halogens is 1. The predicted molar refractivity (Wildman–Crippen MR) is 81.2 cm³/mol. The van der Waals surface area contributed by atoms with Gasteiger partial charge in [0.1, 0.15) is 0 Å². The first kappa shape index (κ1) is 15.8. The minimum Gasteiger partial charge on any atom is -0.326 e. The highest BCUT2D eigenvalue weighted by atomic mass is 35.5. The van der Waals surface area contributed by atoms with Gasteiger partial charge in [0, 0.05) is 24.2 Å². The maximum absolute atomic E-state index is 12.7. The smallest absolute Gasteiger partial charge is 0.243 e. The first-order chi connectivity index (χ1) is 9.50. The van der Waals surface area contributed by atoms with Crippen LogP contribution in [0.25, 0.3) is 0 Å². The zero-order valence-electron chi connectivity index (χ0n) is 11.7. The average molecular weight is 317 g/mol. The van der Waals surface area contributed by atoms with Gasteiger partial charge in [-0.1, -0.05) is 37.4 Å². The van der Waals surface area contributed by atoms with Crippen LogP contribution in [0.15, 0.2) is 23.1 Å². The van der Waals surface area contributed by atoms with Crippen LogP contribution < -0.4 is 5.73 Å². The Labute approximate surface area is 126 Å². The van der Waals surface area contributed by atoms with Crippen molar-refractivity contribution in [2.45, 2.75) is 50.1 Å². The number of hydrogen-bond acceptors (Lipinski definition) is 3. The lowest BCUT2D eigenvalue weighted by Gasteiger charge is -2.26. The van der Waals surface area contributed by atoms with Gasteiger partial charge in [-0.15, -0.1) is 0 Å². The molecule has 1 aliphatic carbocycles. The Kier molecular flexibility index (Phi) is 5.07. The van der Waals surface area contributed by atoms with E-state index in [9.17, 15) is 8.42 Å². The Balaban J connectivity index is 2.35. The Morgan fingerprint density at radius 2 is 2.00 bits per heavy atom. The molecule has 1 aromatic rings. The van der Waals surface area contributed by atoms with Gasteiger partial charge in [0.15, 0.2) is 0 Å². The normalized spacial score (nSPS) is 17.0. The Morgan fingerprint density at radius 3 is 2.50 bits per heavy atom. The molecule has 0 unspecified atom stereocenters. The van der Waals surface area contributed by atoms with Gasteiger partial charge in [0.2, 0.25) is 10.0 Å². The van der Waals surface area contributed by atoms with E-state index < -0.39 is 10.0 Å². The molecule has 0 aliphatic heterocycles. The van der Waals surface area contributed by atoms with Crippen LogP contribution in [0.2, 0.25) is 5.02 Å². The minimum atomic E-state index is -3.47. The van der Waals surface area contributed by atoms with E-state index in [4.69, 9.17) is 17.3 Å². The molecule has 1 saturated carbocycles. The van der Waals surface area contributed by atoms with Gasteiger partial charge in [-0.3, -0.25) is 0 Å². The van der Waals surface area contributed by atoms with E-state index in [-0.39, 0.29) is 10.9 Å². The van der Waals surface area contributed by atoms with Crippen LogP contribution in [0, 0.1) is 0 Å². The van der Waals surface area contributed by atoms with Gasteiger partial charge in [-0.25, -0.2) is 8.42 Å². The molecule has 112 valence electrons. The van der Waals surface area contributed by atoms with Crippen LogP contribution in [0.3, 0.4) is 0 Å². The highest BCUT2D eigenvalue weighted by Gasteiger charge is 2.32. The molecule has 6 heteroatoms. The fraction of sp³-hybridized carbons (Fsp3) is 0.571. The van der Waals surface area contributed by atoms with Crippen LogP contribution in [-0.2, 0) is 16.6 Å². The largest absolute Gasteiger partial charge is 0.326 e. The molecule has 0 saturated heterocycles. The van der Waals surface area contributed by atoms with E-state index in [2.05, 4.69) is 0 Å². The van der Waals surface area contributed by atoms with Crippen LogP contribution in [-0.4, -0.2) is 25.3 Å². The Morgan fingerprint density at radius 1 is 1.35 bits per heavy atom. The van der Waals surface area contributed by atoms with Crippen molar-refractivity contribution >= 4 is 21.6 Å². The monoisotopic (exact) mass is 316 g/mol. The van der Waals surface area contributed by atoms with E-state index in [1.807, 2.05) is 6.92 Å². The van der Waals surface area contributed by atoms with E-state index in [1.54, 1.807) is 16.4 Å². The second kappa shape index (κ2) is 6.43. The van der Waals surface area contributed by atoms with Gasteiger partial charge < -0.3 is 5.73 Å². The zero-order chi connectivity index (χ0) is 14.8. The number of nitrogens with two attached hydrogens (primary N) is 1. The summed E-state index contributed by atoms with van der Waals surface area (Å²) in [6.45, 7) is 2.67. The number of sulfonamides is 1. The summed E-state index contributed by atoms with van der Waals surface area (Å²) in [6, 6.07) is 4.92.